The van der Waals surface area contributed by atoms with Gasteiger partial charge in [0.2, 0.25) is 10.9 Å². The molecule has 3 aromatic rings. The highest BCUT2D eigenvalue weighted by Gasteiger charge is 2.16. The largest absolute Gasteiger partial charge is 0.309 e. The molecular formula is C15H16ClN5OS. The summed E-state index contributed by atoms with van der Waals surface area (Å²) in [4.78, 5) is 20.9. The summed E-state index contributed by atoms with van der Waals surface area (Å²) in [6.07, 6.45) is 3.61. The van der Waals surface area contributed by atoms with Gasteiger partial charge < -0.3 is 4.57 Å². The van der Waals surface area contributed by atoms with Crippen LogP contribution in [0.2, 0.25) is 5.15 Å². The molecular weight excluding hydrogens is 334 g/mol. The highest BCUT2D eigenvalue weighted by molar-refractivity contribution is 7.98. The zero-order valence-corrected chi connectivity index (χ0v) is 14.6. The van der Waals surface area contributed by atoms with E-state index in [0.29, 0.717) is 22.6 Å². The SMILES string of the molecule is CSc1nc2n(Cc3ccc(Cl)nc3)c(C(C)C)cc(=O)n2n1. The molecule has 0 aliphatic carbocycles. The van der Waals surface area contributed by atoms with E-state index in [9.17, 15) is 4.79 Å². The fraction of sp³-hybridized carbons (Fsp3) is 0.333. The average Bonchev–Trinajstić information content (AvgIpc) is 2.96. The Bertz CT molecular complexity index is 901. The number of rotatable bonds is 4. The lowest BCUT2D eigenvalue weighted by molar-refractivity contribution is 0.662. The molecule has 0 fully saturated rings. The summed E-state index contributed by atoms with van der Waals surface area (Å²) in [5.41, 5.74) is 1.73. The van der Waals surface area contributed by atoms with Gasteiger partial charge >= 0.3 is 0 Å². The fourth-order valence-electron chi connectivity index (χ4n) is 2.40. The molecule has 6 nitrogen and oxygen atoms in total. The number of aromatic nitrogens is 5. The summed E-state index contributed by atoms with van der Waals surface area (Å²) in [6.45, 7) is 4.65. The quantitative estimate of drug-likeness (QED) is 0.535. The van der Waals surface area contributed by atoms with Crippen LogP contribution >= 0.6 is 23.4 Å². The van der Waals surface area contributed by atoms with E-state index in [1.165, 1.54) is 16.3 Å². The highest BCUT2D eigenvalue weighted by Crippen LogP contribution is 2.19. The smallest absolute Gasteiger partial charge is 0.275 e. The van der Waals surface area contributed by atoms with Crippen LogP contribution in [0, 0.1) is 0 Å². The van der Waals surface area contributed by atoms with Crippen LogP contribution in [0.15, 0.2) is 34.3 Å². The molecule has 0 aliphatic rings. The summed E-state index contributed by atoms with van der Waals surface area (Å²) < 4.78 is 3.35. The van der Waals surface area contributed by atoms with Gasteiger partial charge in [0.1, 0.15) is 5.15 Å². The Balaban J connectivity index is 2.21. The Labute approximate surface area is 142 Å². The molecule has 23 heavy (non-hydrogen) atoms. The van der Waals surface area contributed by atoms with Gasteiger partial charge in [0.05, 0.1) is 6.54 Å². The van der Waals surface area contributed by atoms with E-state index < -0.39 is 0 Å². The van der Waals surface area contributed by atoms with Crippen molar-refractivity contribution in [1.29, 1.82) is 0 Å². The second-order valence-electron chi connectivity index (χ2n) is 5.45. The maximum atomic E-state index is 12.3. The summed E-state index contributed by atoms with van der Waals surface area (Å²) in [6, 6.07) is 5.29. The van der Waals surface area contributed by atoms with Crippen molar-refractivity contribution in [2.45, 2.75) is 31.5 Å². The van der Waals surface area contributed by atoms with Crippen LogP contribution in [0.1, 0.15) is 31.0 Å². The average molecular weight is 350 g/mol. The number of nitrogens with zero attached hydrogens (tertiary/aromatic N) is 5. The number of halogens is 1. The highest BCUT2D eigenvalue weighted by atomic mass is 35.5. The van der Waals surface area contributed by atoms with Crippen molar-refractivity contribution >= 4 is 29.1 Å². The van der Waals surface area contributed by atoms with E-state index >= 15 is 0 Å². The zero-order valence-electron chi connectivity index (χ0n) is 13.0. The molecule has 0 saturated heterocycles. The van der Waals surface area contributed by atoms with Crippen LogP contribution < -0.4 is 5.56 Å². The van der Waals surface area contributed by atoms with Crippen LogP contribution in [0.3, 0.4) is 0 Å². The van der Waals surface area contributed by atoms with E-state index in [1.807, 2.05) is 30.7 Å². The predicted octanol–water partition coefficient (Wildman–Crippen LogP) is 2.83. The molecule has 0 amide bonds. The van der Waals surface area contributed by atoms with Crippen molar-refractivity contribution in [2.24, 2.45) is 0 Å². The van der Waals surface area contributed by atoms with Crippen molar-refractivity contribution in [3.8, 4) is 0 Å². The first kappa shape index (κ1) is 16.0. The minimum absolute atomic E-state index is 0.165. The summed E-state index contributed by atoms with van der Waals surface area (Å²) >= 11 is 7.26. The molecule has 0 bridgehead atoms. The maximum absolute atomic E-state index is 12.3. The number of pyridine rings is 1. The lowest BCUT2D eigenvalue weighted by atomic mass is 10.1. The monoisotopic (exact) mass is 349 g/mol. The van der Waals surface area contributed by atoms with Gasteiger partial charge in [0.15, 0.2) is 0 Å². The van der Waals surface area contributed by atoms with Crippen LogP contribution in [0.4, 0.5) is 0 Å². The normalized spacial score (nSPS) is 11.5. The van der Waals surface area contributed by atoms with Crippen LogP contribution in [-0.2, 0) is 6.54 Å². The van der Waals surface area contributed by atoms with Gasteiger partial charge in [0.25, 0.3) is 5.56 Å². The van der Waals surface area contributed by atoms with Crippen LogP contribution in [0.25, 0.3) is 5.78 Å². The van der Waals surface area contributed by atoms with Gasteiger partial charge in [-0.1, -0.05) is 43.3 Å². The van der Waals surface area contributed by atoms with Crippen molar-refractivity contribution < 1.29 is 0 Å². The first-order valence-electron chi connectivity index (χ1n) is 7.14. The molecule has 0 unspecified atom stereocenters. The molecule has 0 aliphatic heterocycles. The van der Waals surface area contributed by atoms with Crippen LogP contribution in [0.5, 0.6) is 0 Å². The zero-order chi connectivity index (χ0) is 16.6. The van der Waals surface area contributed by atoms with E-state index in [2.05, 4.69) is 15.1 Å². The Morgan fingerprint density at radius 1 is 1.35 bits per heavy atom. The maximum Gasteiger partial charge on any atom is 0.275 e. The minimum atomic E-state index is -0.165. The minimum Gasteiger partial charge on any atom is -0.309 e. The first-order valence-corrected chi connectivity index (χ1v) is 8.75. The Hall–Kier alpha value is -1.86. The van der Waals surface area contributed by atoms with Crippen molar-refractivity contribution in [3.63, 3.8) is 0 Å². The molecule has 8 heteroatoms. The number of hydrogen-bond donors (Lipinski definition) is 0. The molecule has 0 N–H and O–H groups in total. The number of fused-ring (bicyclic) bond motifs is 1. The molecule has 0 aromatic carbocycles. The number of thioether (sulfide) groups is 1. The lowest BCUT2D eigenvalue weighted by Gasteiger charge is -2.16. The number of hydrogen-bond acceptors (Lipinski definition) is 5. The van der Waals surface area contributed by atoms with E-state index in [0.717, 1.165) is 11.3 Å². The second-order valence-corrected chi connectivity index (χ2v) is 6.61. The fourth-order valence-corrected chi connectivity index (χ4v) is 2.85. The Kier molecular flexibility index (Phi) is 4.41. The molecule has 3 heterocycles. The third-order valence-corrected chi connectivity index (χ3v) is 4.27. The van der Waals surface area contributed by atoms with Gasteiger partial charge in [-0.05, 0) is 23.8 Å². The van der Waals surface area contributed by atoms with Crippen molar-refractivity contribution in [3.05, 3.63) is 51.2 Å². The molecule has 3 rings (SSSR count). The van der Waals surface area contributed by atoms with Gasteiger partial charge in [0, 0.05) is 18.0 Å². The molecule has 0 spiro atoms. The van der Waals surface area contributed by atoms with Gasteiger partial charge in [-0.3, -0.25) is 4.79 Å². The van der Waals surface area contributed by atoms with Gasteiger partial charge in [-0.15, -0.1) is 5.10 Å². The summed E-state index contributed by atoms with van der Waals surface area (Å²) in [5.74, 6) is 0.725. The van der Waals surface area contributed by atoms with E-state index in [1.54, 1.807) is 18.3 Å². The molecule has 0 radical (unpaired) electrons. The topological polar surface area (TPSA) is 65.1 Å². The van der Waals surface area contributed by atoms with Gasteiger partial charge in [-0.2, -0.15) is 9.50 Å². The Morgan fingerprint density at radius 3 is 2.74 bits per heavy atom. The standard InChI is InChI=1S/C15H16ClN5OS/c1-9(2)11-6-13(22)21-15(18-14(19-21)23-3)20(11)8-10-4-5-12(16)17-7-10/h4-7,9H,8H2,1-3H3. The predicted molar refractivity (Wildman–Crippen MR) is 91.5 cm³/mol. The van der Waals surface area contributed by atoms with Crippen molar-refractivity contribution in [1.82, 2.24) is 24.1 Å². The lowest BCUT2D eigenvalue weighted by Crippen LogP contribution is -2.22. The van der Waals surface area contributed by atoms with Crippen LogP contribution in [-0.4, -0.2) is 30.4 Å². The van der Waals surface area contributed by atoms with E-state index in [4.69, 9.17) is 11.6 Å². The van der Waals surface area contributed by atoms with Crippen molar-refractivity contribution in [2.75, 3.05) is 6.26 Å². The molecule has 0 saturated carbocycles. The second kappa shape index (κ2) is 6.33. The molecule has 0 atom stereocenters. The third kappa shape index (κ3) is 3.11. The summed E-state index contributed by atoms with van der Waals surface area (Å²) in [5, 5.41) is 5.27. The third-order valence-electron chi connectivity index (χ3n) is 3.51. The van der Waals surface area contributed by atoms with E-state index in [-0.39, 0.29) is 11.5 Å². The van der Waals surface area contributed by atoms with Gasteiger partial charge in [-0.25, -0.2) is 4.98 Å². The molecule has 120 valence electrons. The Morgan fingerprint density at radius 2 is 2.13 bits per heavy atom. The molecule has 3 aromatic heterocycles. The summed E-state index contributed by atoms with van der Waals surface area (Å²) in [7, 11) is 0. The first-order chi connectivity index (χ1) is 11.0.